The number of carbonyl (C=O) groups excluding carboxylic acids is 1. The molecule has 2 aromatic rings. The highest BCUT2D eigenvalue weighted by atomic mass is 19.1. The van der Waals surface area contributed by atoms with Crippen molar-refractivity contribution in [2.24, 2.45) is 7.05 Å². The van der Waals surface area contributed by atoms with E-state index in [2.05, 4.69) is 22.1 Å². The Labute approximate surface area is 149 Å². The fraction of sp³-hybridized carbons (Fsp3) is 0.294. The number of carbonyl (C=O) groups is 1. The normalized spacial score (nSPS) is 13.5. The number of aromatic nitrogens is 4. The maximum atomic E-state index is 12.8. The van der Waals surface area contributed by atoms with Crippen molar-refractivity contribution in [3.63, 3.8) is 0 Å². The van der Waals surface area contributed by atoms with Gasteiger partial charge in [0.1, 0.15) is 11.6 Å². The molecule has 26 heavy (non-hydrogen) atoms. The molecule has 0 aliphatic rings. The van der Waals surface area contributed by atoms with Crippen LogP contribution >= 0.6 is 0 Å². The van der Waals surface area contributed by atoms with E-state index in [-0.39, 0.29) is 18.6 Å². The summed E-state index contributed by atoms with van der Waals surface area (Å²) >= 11 is 0. The van der Waals surface area contributed by atoms with Gasteiger partial charge in [0.05, 0.1) is 18.6 Å². The van der Waals surface area contributed by atoms with E-state index in [1.54, 1.807) is 7.05 Å². The molecule has 0 spiro atoms. The first-order valence-electron chi connectivity index (χ1n) is 7.77. The van der Waals surface area contributed by atoms with Crippen molar-refractivity contribution in [1.82, 2.24) is 20.2 Å². The van der Waals surface area contributed by atoms with Crippen LogP contribution in [0.5, 0.6) is 5.75 Å². The molecule has 138 valence electrons. The largest absolute Gasteiger partial charge is 0.426 e. The first-order chi connectivity index (χ1) is 12.3. The summed E-state index contributed by atoms with van der Waals surface area (Å²) in [7, 11) is 1.65. The number of aryl methyl sites for hydroxylation is 1. The Morgan fingerprint density at radius 1 is 1.38 bits per heavy atom. The SMILES string of the molecule is C=C(C=CC(O)CC(O)CC(=O)Oc1ccc(F)cc1)c1nnnn1C. The van der Waals surface area contributed by atoms with Crippen LogP contribution in [0.15, 0.2) is 43.0 Å². The average molecular weight is 362 g/mol. The maximum absolute atomic E-state index is 12.8. The van der Waals surface area contributed by atoms with Crippen molar-refractivity contribution < 1.29 is 24.1 Å². The number of allylic oxidation sites excluding steroid dienone is 2. The van der Waals surface area contributed by atoms with Crippen LogP contribution in [0.3, 0.4) is 0 Å². The molecule has 1 heterocycles. The third-order valence-electron chi connectivity index (χ3n) is 3.39. The number of ether oxygens (including phenoxy) is 1. The highest BCUT2D eigenvalue weighted by molar-refractivity contribution is 5.72. The van der Waals surface area contributed by atoms with Crippen LogP contribution in [0.4, 0.5) is 4.39 Å². The number of aliphatic hydroxyl groups is 2. The molecule has 0 saturated heterocycles. The van der Waals surface area contributed by atoms with E-state index in [4.69, 9.17) is 4.74 Å². The lowest BCUT2D eigenvalue weighted by Crippen LogP contribution is -2.22. The third-order valence-corrected chi connectivity index (χ3v) is 3.39. The summed E-state index contributed by atoms with van der Waals surface area (Å²) in [5, 5.41) is 30.7. The molecule has 1 aromatic heterocycles. The summed E-state index contributed by atoms with van der Waals surface area (Å²) in [6, 6.07) is 4.94. The highest BCUT2D eigenvalue weighted by Gasteiger charge is 2.16. The van der Waals surface area contributed by atoms with E-state index >= 15 is 0 Å². The van der Waals surface area contributed by atoms with Gasteiger partial charge in [-0.05, 0) is 34.7 Å². The fourth-order valence-corrected chi connectivity index (χ4v) is 2.11. The first kappa shape index (κ1) is 19.4. The Morgan fingerprint density at radius 3 is 2.69 bits per heavy atom. The number of nitrogens with zero attached hydrogens (tertiary/aromatic N) is 4. The smallest absolute Gasteiger partial charge is 0.313 e. The zero-order chi connectivity index (χ0) is 19.1. The van der Waals surface area contributed by atoms with Gasteiger partial charge >= 0.3 is 5.97 Å². The summed E-state index contributed by atoms with van der Waals surface area (Å²) in [5.74, 6) is -0.511. The zero-order valence-corrected chi connectivity index (χ0v) is 14.1. The van der Waals surface area contributed by atoms with Gasteiger partial charge in [-0.15, -0.1) is 5.10 Å². The molecule has 0 saturated carbocycles. The average Bonchev–Trinajstić information content (AvgIpc) is 3.00. The van der Waals surface area contributed by atoms with Gasteiger partial charge in [-0.25, -0.2) is 9.07 Å². The minimum atomic E-state index is -1.10. The quantitative estimate of drug-likeness (QED) is 0.410. The van der Waals surface area contributed by atoms with Gasteiger partial charge in [-0.1, -0.05) is 18.7 Å². The third kappa shape index (κ3) is 5.87. The molecule has 0 aliphatic carbocycles. The molecular formula is C17H19FN4O4. The van der Waals surface area contributed by atoms with Crippen LogP contribution in [0.2, 0.25) is 0 Å². The molecule has 0 radical (unpaired) electrons. The molecule has 9 heteroatoms. The lowest BCUT2D eigenvalue weighted by atomic mass is 10.1. The Morgan fingerprint density at radius 2 is 2.08 bits per heavy atom. The van der Waals surface area contributed by atoms with E-state index in [0.717, 1.165) is 12.1 Å². The second-order valence-electron chi connectivity index (χ2n) is 5.60. The topological polar surface area (TPSA) is 110 Å². The molecule has 2 unspecified atom stereocenters. The molecule has 1 aromatic carbocycles. The monoisotopic (exact) mass is 362 g/mol. The van der Waals surface area contributed by atoms with E-state index in [9.17, 15) is 19.4 Å². The predicted octanol–water partition coefficient (Wildman–Crippen LogP) is 1.03. The number of tetrazole rings is 1. The number of hydrogen-bond donors (Lipinski definition) is 2. The van der Waals surface area contributed by atoms with Gasteiger partial charge in [0, 0.05) is 19.0 Å². The van der Waals surface area contributed by atoms with Gasteiger partial charge in [0.2, 0.25) is 0 Å². The van der Waals surface area contributed by atoms with Crippen molar-refractivity contribution in [2.75, 3.05) is 0 Å². The Hall–Kier alpha value is -2.91. The molecule has 2 N–H and O–H groups in total. The van der Waals surface area contributed by atoms with Gasteiger partial charge in [0.15, 0.2) is 5.82 Å². The second-order valence-corrected chi connectivity index (χ2v) is 5.60. The standard InChI is InChI=1S/C17H19FN4O4/c1-11(17-19-20-21-22(17)2)3-6-13(23)9-14(24)10-16(25)26-15-7-4-12(18)5-8-15/h3-8,13-14,23-24H,1,9-10H2,2H3. The fourth-order valence-electron chi connectivity index (χ4n) is 2.11. The number of rotatable bonds is 8. The Bertz CT molecular complexity index is 788. The van der Waals surface area contributed by atoms with Crippen LogP contribution in [0.1, 0.15) is 18.7 Å². The Balaban J connectivity index is 1.79. The first-order valence-corrected chi connectivity index (χ1v) is 7.77. The van der Waals surface area contributed by atoms with Gasteiger partial charge in [0.25, 0.3) is 0 Å². The molecule has 0 aliphatic heterocycles. The van der Waals surface area contributed by atoms with Crippen molar-refractivity contribution in [1.29, 1.82) is 0 Å². The molecule has 0 bridgehead atoms. The zero-order valence-electron chi connectivity index (χ0n) is 14.1. The minimum Gasteiger partial charge on any atom is -0.426 e. The molecule has 2 atom stereocenters. The number of benzene rings is 1. The van der Waals surface area contributed by atoms with Crippen LogP contribution in [-0.4, -0.2) is 48.6 Å². The van der Waals surface area contributed by atoms with E-state index in [1.165, 1.54) is 29.0 Å². The number of halogens is 1. The van der Waals surface area contributed by atoms with E-state index < -0.39 is 24.0 Å². The van der Waals surface area contributed by atoms with Crippen LogP contribution < -0.4 is 4.74 Å². The van der Waals surface area contributed by atoms with Crippen molar-refractivity contribution >= 4 is 11.5 Å². The van der Waals surface area contributed by atoms with Crippen molar-refractivity contribution in [2.45, 2.75) is 25.0 Å². The molecular weight excluding hydrogens is 343 g/mol. The summed E-state index contributed by atoms with van der Waals surface area (Å²) in [4.78, 5) is 11.7. The van der Waals surface area contributed by atoms with Gasteiger partial charge in [-0.3, -0.25) is 4.79 Å². The Kier molecular flexibility index (Phi) is 6.70. The number of hydrogen-bond acceptors (Lipinski definition) is 7. The second kappa shape index (κ2) is 8.97. The lowest BCUT2D eigenvalue weighted by Gasteiger charge is -2.12. The molecule has 8 nitrogen and oxygen atoms in total. The van der Waals surface area contributed by atoms with Gasteiger partial charge < -0.3 is 14.9 Å². The summed E-state index contributed by atoms with van der Waals surface area (Å²) in [6.07, 6.45) is 0.468. The van der Waals surface area contributed by atoms with Gasteiger partial charge in [-0.2, -0.15) is 0 Å². The summed E-state index contributed by atoms with van der Waals surface area (Å²) in [6.45, 7) is 3.79. The van der Waals surface area contributed by atoms with Crippen molar-refractivity contribution in [3.8, 4) is 5.75 Å². The van der Waals surface area contributed by atoms with Crippen LogP contribution in [0, 0.1) is 5.82 Å². The predicted molar refractivity (Wildman–Crippen MR) is 90.3 cm³/mol. The summed E-state index contributed by atoms with van der Waals surface area (Å²) in [5.41, 5.74) is 0.488. The molecule has 0 fully saturated rings. The van der Waals surface area contributed by atoms with E-state index in [1.807, 2.05) is 0 Å². The van der Waals surface area contributed by atoms with Crippen molar-refractivity contribution in [3.05, 3.63) is 54.6 Å². The van der Waals surface area contributed by atoms with Crippen LogP contribution in [0.25, 0.3) is 5.57 Å². The molecule has 0 amide bonds. The molecule has 2 rings (SSSR count). The van der Waals surface area contributed by atoms with E-state index in [0.29, 0.717) is 11.4 Å². The van der Waals surface area contributed by atoms with Crippen LogP contribution in [-0.2, 0) is 11.8 Å². The lowest BCUT2D eigenvalue weighted by molar-refractivity contribution is -0.136. The highest BCUT2D eigenvalue weighted by Crippen LogP contribution is 2.14. The number of aliphatic hydroxyl groups excluding tert-OH is 2. The number of esters is 1. The summed E-state index contributed by atoms with van der Waals surface area (Å²) < 4.78 is 19.2. The minimum absolute atomic E-state index is 0.0701. The maximum Gasteiger partial charge on any atom is 0.313 e.